The van der Waals surface area contributed by atoms with Crippen LogP contribution in [0.25, 0.3) is 0 Å². The van der Waals surface area contributed by atoms with E-state index in [1.54, 1.807) is 11.8 Å². The van der Waals surface area contributed by atoms with Gasteiger partial charge >= 0.3 is 0 Å². The van der Waals surface area contributed by atoms with E-state index in [1.807, 2.05) is 13.8 Å². The van der Waals surface area contributed by atoms with Gasteiger partial charge in [0, 0.05) is 4.90 Å². The average molecular weight is 246 g/mol. The molecule has 2 nitrogen and oxygen atoms in total. The summed E-state index contributed by atoms with van der Waals surface area (Å²) in [5.41, 5.74) is 2.87. The van der Waals surface area contributed by atoms with Gasteiger partial charge in [0.1, 0.15) is 4.75 Å². The minimum Gasteiger partial charge on any atom is -0.316 e. The molecule has 1 N–H and O–H groups in total. The van der Waals surface area contributed by atoms with Crippen LogP contribution in [0.15, 0.2) is 23.1 Å². The van der Waals surface area contributed by atoms with Crippen LogP contribution < -0.4 is 5.32 Å². The van der Waals surface area contributed by atoms with Gasteiger partial charge in [0.05, 0.1) is 6.07 Å². The quantitative estimate of drug-likeness (QED) is 0.815. The van der Waals surface area contributed by atoms with Crippen LogP contribution >= 0.6 is 11.8 Å². The Morgan fingerprint density at radius 3 is 2.82 bits per heavy atom. The number of hydrogen-bond donors (Lipinski definition) is 1. The Labute approximate surface area is 107 Å². The SMILES string of the molecule is CC(C)(C#N)Sc1cccc2c1CCNCC2. The highest BCUT2D eigenvalue weighted by Crippen LogP contribution is 2.35. The molecule has 0 saturated heterocycles. The maximum Gasteiger partial charge on any atom is 0.101 e. The number of nitrogens with one attached hydrogen (secondary N) is 1. The van der Waals surface area contributed by atoms with Gasteiger partial charge in [0.2, 0.25) is 0 Å². The van der Waals surface area contributed by atoms with Crippen molar-refractivity contribution in [2.75, 3.05) is 13.1 Å². The molecule has 1 aromatic rings. The molecule has 1 aliphatic rings. The topological polar surface area (TPSA) is 35.8 Å². The number of nitriles is 1. The fourth-order valence-electron chi connectivity index (χ4n) is 2.08. The Morgan fingerprint density at radius 2 is 2.06 bits per heavy atom. The van der Waals surface area contributed by atoms with Gasteiger partial charge in [-0.1, -0.05) is 12.1 Å². The Hall–Kier alpha value is -0.980. The van der Waals surface area contributed by atoms with Crippen molar-refractivity contribution in [3.8, 4) is 6.07 Å². The van der Waals surface area contributed by atoms with Crippen molar-refractivity contribution < 1.29 is 0 Å². The predicted octanol–water partition coefficient (Wildman–Crippen LogP) is 2.77. The minimum atomic E-state index is -0.352. The monoisotopic (exact) mass is 246 g/mol. The standard InChI is InChI=1S/C14H18N2S/c1-14(2,10-15)17-13-5-3-4-11-6-8-16-9-7-12(11)13/h3-5,16H,6-9H2,1-2H3. The fourth-order valence-corrected chi connectivity index (χ4v) is 3.18. The lowest BCUT2D eigenvalue weighted by Gasteiger charge is -2.18. The molecule has 90 valence electrons. The first-order chi connectivity index (χ1) is 8.12. The molecular weight excluding hydrogens is 228 g/mol. The Kier molecular flexibility index (Phi) is 3.76. The van der Waals surface area contributed by atoms with Crippen LogP contribution in [-0.4, -0.2) is 17.8 Å². The van der Waals surface area contributed by atoms with Crippen molar-refractivity contribution in [2.24, 2.45) is 0 Å². The number of rotatable bonds is 2. The summed E-state index contributed by atoms with van der Waals surface area (Å²) in [5.74, 6) is 0. The summed E-state index contributed by atoms with van der Waals surface area (Å²) in [6.07, 6.45) is 2.16. The summed E-state index contributed by atoms with van der Waals surface area (Å²) in [7, 11) is 0. The summed E-state index contributed by atoms with van der Waals surface area (Å²) in [6.45, 7) is 6.05. The first-order valence-corrected chi connectivity index (χ1v) is 6.86. The molecule has 0 amide bonds. The zero-order valence-corrected chi connectivity index (χ0v) is 11.2. The van der Waals surface area contributed by atoms with E-state index in [2.05, 4.69) is 29.6 Å². The second-order valence-corrected chi connectivity index (χ2v) is 6.53. The molecule has 0 atom stereocenters. The van der Waals surface area contributed by atoms with Crippen molar-refractivity contribution in [3.63, 3.8) is 0 Å². The predicted molar refractivity (Wildman–Crippen MR) is 72.3 cm³/mol. The van der Waals surface area contributed by atoms with E-state index in [9.17, 15) is 0 Å². The zero-order chi connectivity index (χ0) is 12.3. The maximum atomic E-state index is 9.13. The second-order valence-electron chi connectivity index (χ2n) is 4.87. The van der Waals surface area contributed by atoms with E-state index in [4.69, 9.17) is 5.26 Å². The Morgan fingerprint density at radius 1 is 1.29 bits per heavy atom. The third kappa shape index (κ3) is 3.02. The molecule has 0 bridgehead atoms. The van der Waals surface area contributed by atoms with Gasteiger partial charge in [-0.3, -0.25) is 0 Å². The maximum absolute atomic E-state index is 9.13. The highest BCUT2D eigenvalue weighted by atomic mass is 32.2. The van der Waals surface area contributed by atoms with E-state index >= 15 is 0 Å². The van der Waals surface area contributed by atoms with Crippen LogP contribution in [-0.2, 0) is 12.8 Å². The van der Waals surface area contributed by atoms with Gasteiger partial charge in [0.25, 0.3) is 0 Å². The van der Waals surface area contributed by atoms with Gasteiger partial charge in [-0.2, -0.15) is 5.26 Å². The van der Waals surface area contributed by atoms with Crippen molar-refractivity contribution in [1.82, 2.24) is 5.32 Å². The van der Waals surface area contributed by atoms with Crippen LogP contribution in [0.3, 0.4) is 0 Å². The highest BCUT2D eigenvalue weighted by Gasteiger charge is 2.21. The Balaban J connectivity index is 2.32. The lowest BCUT2D eigenvalue weighted by Crippen LogP contribution is -2.16. The molecule has 0 fully saturated rings. The van der Waals surface area contributed by atoms with Crippen LogP contribution in [0.4, 0.5) is 0 Å². The normalized spacial score (nSPS) is 15.8. The summed E-state index contributed by atoms with van der Waals surface area (Å²) >= 11 is 1.68. The third-order valence-corrected chi connectivity index (χ3v) is 4.19. The van der Waals surface area contributed by atoms with Crippen molar-refractivity contribution in [2.45, 2.75) is 36.3 Å². The summed E-state index contributed by atoms with van der Waals surface area (Å²) in [6, 6.07) is 8.83. The number of thioether (sulfide) groups is 1. The molecule has 3 heteroatoms. The zero-order valence-electron chi connectivity index (χ0n) is 10.4. The fraction of sp³-hybridized carbons (Fsp3) is 0.500. The number of hydrogen-bond acceptors (Lipinski definition) is 3. The molecule has 0 radical (unpaired) electrons. The van der Waals surface area contributed by atoms with Crippen molar-refractivity contribution >= 4 is 11.8 Å². The molecule has 17 heavy (non-hydrogen) atoms. The van der Waals surface area contributed by atoms with Crippen LogP contribution in [0.1, 0.15) is 25.0 Å². The average Bonchev–Trinajstić information content (AvgIpc) is 2.54. The van der Waals surface area contributed by atoms with Crippen molar-refractivity contribution in [1.29, 1.82) is 5.26 Å². The van der Waals surface area contributed by atoms with E-state index in [0.717, 1.165) is 25.9 Å². The lowest BCUT2D eigenvalue weighted by molar-refractivity contribution is 0.709. The van der Waals surface area contributed by atoms with Gasteiger partial charge in [-0.05, 0) is 57.0 Å². The van der Waals surface area contributed by atoms with E-state index in [-0.39, 0.29) is 4.75 Å². The van der Waals surface area contributed by atoms with Gasteiger partial charge in [-0.25, -0.2) is 0 Å². The Bertz CT molecular complexity index is 446. The first kappa shape index (κ1) is 12.5. The molecule has 0 saturated carbocycles. The van der Waals surface area contributed by atoms with Gasteiger partial charge < -0.3 is 5.32 Å². The summed E-state index contributed by atoms with van der Waals surface area (Å²) < 4.78 is -0.352. The van der Waals surface area contributed by atoms with E-state index in [1.165, 1.54) is 16.0 Å². The van der Waals surface area contributed by atoms with Crippen LogP contribution in [0.5, 0.6) is 0 Å². The van der Waals surface area contributed by atoms with Crippen LogP contribution in [0.2, 0.25) is 0 Å². The van der Waals surface area contributed by atoms with Gasteiger partial charge in [-0.15, -0.1) is 11.8 Å². The number of fused-ring (bicyclic) bond motifs is 1. The molecule has 0 spiro atoms. The first-order valence-electron chi connectivity index (χ1n) is 6.04. The number of nitrogens with zero attached hydrogens (tertiary/aromatic N) is 1. The third-order valence-electron chi connectivity index (χ3n) is 2.99. The van der Waals surface area contributed by atoms with Crippen LogP contribution in [0, 0.1) is 11.3 Å². The summed E-state index contributed by atoms with van der Waals surface area (Å²) in [5, 5.41) is 12.6. The molecule has 2 rings (SSSR count). The number of benzene rings is 1. The lowest BCUT2D eigenvalue weighted by atomic mass is 10.0. The highest BCUT2D eigenvalue weighted by molar-refractivity contribution is 8.01. The molecule has 0 aliphatic carbocycles. The second kappa shape index (κ2) is 5.12. The molecule has 1 aromatic carbocycles. The van der Waals surface area contributed by atoms with Crippen molar-refractivity contribution in [3.05, 3.63) is 29.3 Å². The largest absolute Gasteiger partial charge is 0.316 e. The molecule has 1 aliphatic heterocycles. The molecule has 0 aromatic heterocycles. The van der Waals surface area contributed by atoms with Gasteiger partial charge in [0.15, 0.2) is 0 Å². The molecular formula is C14H18N2S. The minimum absolute atomic E-state index is 0.352. The van der Waals surface area contributed by atoms with E-state index < -0.39 is 0 Å². The van der Waals surface area contributed by atoms with E-state index in [0.29, 0.717) is 0 Å². The molecule has 0 unspecified atom stereocenters. The summed E-state index contributed by atoms with van der Waals surface area (Å²) in [4.78, 5) is 1.28. The molecule has 1 heterocycles. The smallest absolute Gasteiger partial charge is 0.101 e.